The second-order valence-corrected chi connectivity index (χ2v) is 10.3. The average molecular weight is 495 g/mol. The first-order valence-electron chi connectivity index (χ1n) is 15.2. The molecule has 0 aromatic carbocycles. The lowest BCUT2D eigenvalue weighted by molar-refractivity contribution is -0.150. The quantitative estimate of drug-likeness (QED) is 0.0701. The Morgan fingerprint density at radius 2 is 1.03 bits per heavy atom. The SMILES string of the molecule is CCCCCC/C=C\CCCCCCCC(=O)OC(CCCCCCC)CCCCCCC(=O)O. The topological polar surface area (TPSA) is 63.6 Å². The van der Waals surface area contributed by atoms with Crippen molar-refractivity contribution in [2.45, 2.75) is 174 Å². The fraction of sp³-hybridized carbons (Fsp3) is 0.871. The van der Waals surface area contributed by atoms with Crippen molar-refractivity contribution >= 4 is 11.9 Å². The Bertz CT molecular complexity index is 500. The number of carbonyl (C=O) groups excluding carboxylic acids is 1. The number of aliphatic carboxylic acids is 1. The van der Waals surface area contributed by atoms with E-state index in [0.717, 1.165) is 57.8 Å². The van der Waals surface area contributed by atoms with Gasteiger partial charge in [0.15, 0.2) is 0 Å². The van der Waals surface area contributed by atoms with Gasteiger partial charge in [-0.15, -0.1) is 0 Å². The summed E-state index contributed by atoms with van der Waals surface area (Å²) in [6.45, 7) is 4.48. The average Bonchev–Trinajstić information content (AvgIpc) is 2.83. The number of hydrogen-bond donors (Lipinski definition) is 1. The van der Waals surface area contributed by atoms with E-state index in [1.165, 1.54) is 83.5 Å². The largest absolute Gasteiger partial charge is 0.481 e. The molecule has 0 radical (unpaired) electrons. The summed E-state index contributed by atoms with van der Waals surface area (Å²) in [4.78, 5) is 23.0. The van der Waals surface area contributed by atoms with Gasteiger partial charge in [0.05, 0.1) is 0 Å². The van der Waals surface area contributed by atoms with Crippen molar-refractivity contribution in [1.29, 1.82) is 0 Å². The molecule has 4 nitrogen and oxygen atoms in total. The van der Waals surface area contributed by atoms with Gasteiger partial charge in [-0.05, 0) is 64.2 Å². The van der Waals surface area contributed by atoms with Crippen molar-refractivity contribution in [1.82, 2.24) is 0 Å². The van der Waals surface area contributed by atoms with E-state index in [2.05, 4.69) is 26.0 Å². The molecule has 0 aliphatic carbocycles. The number of hydrogen-bond acceptors (Lipinski definition) is 3. The first-order chi connectivity index (χ1) is 17.1. The van der Waals surface area contributed by atoms with Crippen LogP contribution in [0.2, 0.25) is 0 Å². The predicted octanol–water partition coefficient (Wildman–Crippen LogP) is 9.94. The lowest BCUT2D eigenvalue weighted by Gasteiger charge is -2.18. The minimum atomic E-state index is -0.714. The maximum atomic E-state index is 12.4. The molecule has 4 heteroatoms. The molecule has 0 aliphatic rings. The summed E-state index contributed by atoms with van der Waals surface area (Å²) in [6.07, 6.45) is 30.8. The van der Waals surface area contributed by atoms with Gasteiger partial charge in [0.25, 0.3) is 0 Å². The molecule has 0 fully saturated rings. The molecule has 206 valence electrons. The lowest BCUT2D eigenvalue weighted by Crippen LogP contribution is -2.18. The molecule has 1 unspecified atom stereocenters. The van der Waals surface area contributed by atoms with Crippen LogP contribution in [0, 0.1) is 0 Å². The van der Waals surface area contributed by atoms with Crippen molar-refractivity contribution in [2.24, 2.45) is 0 Å². The van der Waals surface area contributed by atoms with Crippen LogP contribution in [-0.2, 0) is 14.3 Å². The molecular formula is C31H58O4. The zero-order valence-corrected chi connectivity index (χ0v) is 23.4. The van der Waals surface area contributed by atoms with Crippen LogP contribution in [0.4, 0.5) is 0 Å². The monoisotopic (exact) mass is 494 g/mol. The highest BCUT2D eigenvalue weighted by atomic mass is 16.5. The summed E-state index contributed by atoms with van der Waals surface area (Å²) in [5.41, 5.74) is 0. The maximum Gasteiger partial charge on any atom is 0.306 e. The van der Waals surface area contributed by atoms with Crippen LogP contribution in [0.3, 0.4) is 0 Å². The number of ether oxygens (including phenoxy) is 1. The van der Waals surface area contributed by atoms with E-state index < -0.39 is 5.97 Å². The summed E-state index contributed by atoms with van der Waals surface area (Å²) in [5, 5.41) is 8.75. The van der Waals surface area contributed by atoms with Gasteiger partial charge < -0.3 is 9.84 Å². The number of carbonyl (C=O) groups is 2. The van der Waals surface area contributed by atoms with Gasteiger partial charge in [0.2, 0.25) is 0 Å². The van der Waals surface area contributed by atoms with Gasteiger partial charge in [0, 0.05) is 12.8 Å². The zero-order chi connectivity index (χ0) is 25.8. The molecule has 35 heavy (non-hydrogen) atoms. The number of allylic oxidation sites excluding steroid dienone is 2. The van der Waals surface area contributed by atoms with Gasteiger partial charge in [-0.3, -0.25) is 9.59 Å². The Hall–Kier alpha value is -1.32. The number of carboxylic acid groups (broad SMARTS) is 1. The Labute approximate surface area is 217 Å². The molecule has 0 spiro atoms. The van der Waals surface area contributed by atoms with Gasteiger partial charge in [0.1, 0.15) is 6.10 Å². The Kier molecular flexibility index (Phi) is 26.2. The molecule has 0 rings (SSSR count). The third kappa shape index (κ3) is 27.1. The predicted molar refractivity (Wildman–Crippen MR) is 149 cm³/mol. The summed E-state index contributed by atoms with van der Waals surface area (Å²) in [6, 6.07) is 0. The molecule has 0 saturated carbocycles. The molecule has 0 amide bonds. The van der Waals surface area contributed by atoms with E-state index in [9.17, 15) is 9.59 Å². The maximum absolute atomic E-state index is 12.4. The van der Waals surface area contributed by atoms with Crippen LogP contribution < -0.4 is 0 Å². The molecule has 0 bridgehead atoms. The van der Waals surface area contributed by atoms with Crippen molar-refractivity contribution in [3.8, 4) is 0 Å². The summed E-state index contributed by atoms with van der Waals surface area (Å²) < 4.78 is 5.87. The molecule has 1 atom stereocenters. The van der Waals surface area contributed by atoms with Crippen molar-refractivity contribution in [2.75, 3.05) is 0 Å². The molecule has 0 aliphatic heterocycles. The highest BCUT2D eigenvalue weighted by Crippen LogP contribution is 2.18. The zero-order valence-electron chi connectivity index (χ0n) is 23.4. The van der Waals surface area contributed by atoms with Crippen LogP contribution in [0.1, 0.15) is 168 Å². The van der Waals surface area contributed by atoms with E-state index in [1.807, 2.05) is 0 Å². The number of rotatable bonds is 27. The standard InChI is InChI=1S/C31H58O4/c1-3-5-7-9-10-11-12-13-14-15-16-18-24-28-31(34)35-29(25-21-17-8-6-4-2)26-22-19-20-23-27-30(32)33/h11-12,29H,3-10,13-28H2,1-2H3,(H,32,33)/b12-11-. The second kappa shape index (κ2) is 27.3. The van der Waals surface area contributed by atoms with Gasteiger partial charge in [-0.2, -0.15) is 0 Å². The van der Waals surface area contributed by atoms with Crippen LogP contribution in [-0.4, -0.2) is 23.1 Å². The number of carboxylic acids is 1. The van der Waals surface area contributed by atoms with Crippen molar-refractivity contribution in [3.05, 3.63) is 12.2 Å². The van der Waals surface area contributed by atoms with Gasteiger partial charge in [-0.25, -0.2) is 0 Å². The fourth-order valence-corrected chi connectivity index (χ4v) is 4.47. The first kappa shape index (κ1) is 33.7. The fourth-order valence-electron chi connectivity index (χ4n) is 4.47. The third-order valence-electron chi connectivity index (χ3n) is 6.74. The summed E-state index contributed by atoms with van der Waals surface area (Å²) in [5.74, 6) is -0.741. The van der Waals surface area contributed by atoms with Crippen LogP contribution in [0.25, 0.3) is 0 Å². The normalized spacial score (nSPS) is 12.3. The van der Waals surface area contributed by atoms with Gasteiger partial charge in [-0.1, -0.05) is 103 Å². The smallest absolute Gasteiger partial charge is 0.306 e. The minimum Gasteiger partial charge on any atom is -0.481 e. The molecule has 0 aromatic rings. The van der Waals surface area contributed by atoms with E-state index in [4.69, 9.17) is 9.84 Å². The van der Waals surface area contributed by atoms with Crippen molar-refractivity contribution in [3.63, 3.8) is 0 Å². The highest BCUT2D eigenvalue weighted by molar-refractivity contribution is 5.69. The Balaban J connectivity index is 3.91. The Morgan fingerprint density at radius 3 is 1.57 bits per heavy atom. The van der Waals surface area contributed by atoms with Crippen LogP contribution in [0.5, 0.6) is 0 Å². The van der Waals surface area contributed by atoms with E-state index in [0.29, 0.717) is 6.42 Å². The van der Waals surface area contributed by atoms with Crippen LogP contribution in [0.15, 0.2) is 12.2 Å². The van der Waals surface area contributed by atoms with Crippen molar-refractivity contribution < 1.29 is 19.4 Å². The molecule has 1 N–H and O–H groups in total. The molecular weight excluding hydrogens is 436 g/mol. The third-order valence-corrected chi connectivity index (χ3v) is 6.74. The molecule has 0 aromatic heterocycles. The highest BCUT2D eigenvalue weighted by Gasteiger charge is 2.14. The van der Waals surface area contributed by atoms with Gasteiger partial charge >= 0.3 is 11.9 Å². The van der Waals surface area contributed by atoms with E-state index in [-0.39, 0.29) is 18.5 Å². The summed E-state index contributed by atoms with van der Waals surface area (Å²) >= 11 is 0. The molecule has 0 saturated heterocycles. The van der Waals surface area contributed by atoms with Crippen LogP contribution >= 0.6 is 0 Å². The van der Waals surface area contributed by atoms with E-state index in [1.54, 1.807) is 0 Å². The minimum absolute atomic E-state index is 0.0274. The second-order valence-electron chi connectivity index (χ2n) is 10.3. The number of esters is 1. The lowest BCUT2D eigenvalue weighted by atomic mass is 10.0. The van der Waals surface area contributed by atoms with E-state index >= 15 is 0 Å². The molecule has 0 heterocycles. The number of unbranched alkanes of at least 4 members (excludes halogenated alkanes) is 16. The summed E-state index contributed by atoms with van der Waals surface area (Å²) in [7, 11) is 0. The Morgan fingerprint density at radius 1 is 0.600 bits per heavy atom. The first-order valence-corrected chi connectivity index (χ1v) is 15.2.